The van der Waals surface area contributed by atoms with E-state index in [0.717, 1.165) is 43.0 Å². The van der Waals surface area contributed by atoms with Gasteiger partial charge in [0.15, 0.2) is 11.6 Å². The number of hydrogen-bond acceptors (Lipinski definition) is 4. The largest absolute Gasteiger partial charge is 0.377 e. The molecule has 1 N–H and O–H groups in total. The van der Waals surface area contributed by atoms with E-state index in [1.165, 1.54) is 6.07 Å². The quantitative estimate of drug-likeness (QED) is 0.923. The highest BCUT2D eigenvalue weighted by Gasteiger charge is 2.27. The van der Waals surface area contributed by atoms with Crippen molar-refractivity contribution >= 4 is 0 Å². The van der Waals surface area contributed by atoms with Crippen LogP contribution >= 0.6 is 0 Å². The van der Waals surface area contributed by atoms with Crippen molar-refractivity contribution in [1.29, 1.82) is 0 Å². The van der Waals surface area contributed by atoms with Gasteiger partial charge in [0.25, 0.3) is 0 Å². The second-order valence-electron chi connectivity index (χ2n) is 5.65. The predicted octanol–water partition coefficient (Wildman–Crippen LogP) is 2.82. The number of hydrogen-bond donors (Lipinski definition) is 1. The number of benzene rings is 1. The maximum atomic E-state index is 13.9. The van der Waals surface area contributed by atoms with Gasteiger partial charge in [0.1, 0.15) is 12.4 Å². The molecule has 3 rings (SSSR count). The number of aromatic nitrogens is 3. The first-order valence-electron chi connectivity index (χ1n) is 7.65. The average Bonchev–Trinajstić information content (AvgIpc) is 2.99. The number of aromatic amines is 1. The molecule has 2 heterocycles. The first-order chi connectivity index (χ1) is 10.8. The van der Waals surface area contributed by atoms with Crippen LogP contribution in [0.25, 0.3) is 0 Å². The van der Waals surface area contributed by atoms with Crippen LogP contribution in [-0.4, -0.2) is 33.7 Å². The van der Waals surface area contributed by atoms with Crippen molar-refractivity contribution in [3.63, 3.8) is 0 Å². The van der Waals surface area contributed by atoms with Gasteiger partial charge in [-0.05, 0) is 25.5 Å². The van der Waals surface area contributed by atoms with Crippen molar-refractivity contribution in [2.75, 3.05) is 13.7 Å². The van der Waals surface area contributed by atoms with Gasteiger partial charge in [0.2, 0.25) is 0 Å². The third-order valence-corrected chi connectivity index (χ3v) is 4.07. The Kier molecular flexibility index (Phi) is 4.80. The Morgan fingerprint density at radius 1 is 1.36 bits per heavy atom. The molecule has 1 aromatic heterocycles. The molecule has 1 aromatic carbocycles. The normalized spacial score (nSPS) is 19.5. The summed E-state index contributed by atoms with van der Waals surface area (Å²) in [7, 11) is 1.63. The maximum absolute atomic E-state index is 13.9. The molecule has 0 unspecified atom stereocenters. The van der Waals surface area contributed by atoms with Gasteiger partial charge in [0, 0.05) is 19.2 Å². The standard InChI is InChI=1S/C16H21FN4O/c1-22-11-15-18-16(20-19-15)14-8-4-5-9-21(14)10-12-6-2-3-7-13(12)17/h2-3,6-7,14H,4-5,8-11H2,1H3,(H,18,19,20)/t14-/m1/s1. The van der Waals surface area contributed by atoms with Gasteiger partial charge in [-0.2, -0.15) is 5.10 Å². The Bertz CT molecular complexity index is 616. The predicted molar refractivity (Wildman–Crippen MR) is 80.5 cm³/mol. The second kappa shape index (κ2) is 6.98. The lowest BCUT2D eigenvalue weighted by Gasteiger charge is -2.34. The third-order valence-electron chi connectivity index (χ3n) is 4.07. The van der Waals surface area contributed by atoms with Crippen LogP contribution in [0, 0.1) is 5.82 Å². The van der Waals surface area contributed by atoms with Crippen LogP contribution in [0.1, 0.15) is 42.5 Å². The Balaban J connectivity index is 1.77. The minimum atomic E-state index is -0.151. The number of likely N-dealkylation sites (tertiary alicyclic amines) is 1. The highest BCUT2D eigenvalue weighted by molar-refractivity contribution is 5.17. The fourth-order valence-electron chi connectivity index (χ4n) is 2.98. The van der Waals surface area contributed by atoms with E-state index in [-0.39, 0.29) is 11.9 Å². The van der Waals surface area contributed by atoms with Gasteiger partial charge in [0.05, 0.1) is 6.04 Å². The van der Waals surface area contributed by atoms with E-state index in [0.29, 0.717) is 13.2 Å². The summed E-state index contributed by atoms with van der Waals surface area (Å²) in [6.45, 7) is 1.95. The van der Waals surface area contributed by atoms with Crippen molar-refractivity contribution in [1.82, 2.24) is 20.1 Å². The summed E-state index contributed by atoms with van der Waals surface area (Å²) >= 11 is 0. The number of methoxy groups -OCH3 is 1. The first-order valence-corrected chi connectivity index (χ1v) is 7.65. The molecule has 0 amide bonds. The zero-order valence-electron chi connectivity index (χ0n) is 12.8. The number of nitrogens with zero attached hydrogens (tertiary/aromatic N) is 3. The molecule has 1 saturated heterocycles. The molecule has 0 spiro atoms. The van der Waals surface area contributed by atoms with Crippen molar-refractivity contribution < 1.29 is 9.13 Å². The lowest BCUT2D eigenvalue weighted by Crippen LogP contribution is -2.33. The van der Waals surface area contributed by atoms with E-state index in [1.807, 2.05) is 12.1 Å². The zero-order valence-corrected chi connectivity index (χ0v) is 12.8. The van der Waals surface area contributed by atoms with Gasteiger partial charge in [-0.25, -0.2) is 9.37 Å². The Hall–Kier alpha value is -1.79. The van der Waals surface area contributed by atoms with Crippen LogP contribution in [0.4, 0.5) is 4.39 Å². The second-order valence-corrected chi connectivity index (χ2v) is 5.65. The number of nitrogens with one attached hydrogen (secondary N) is 1. The topological polar surface area (TPSA) is 54.0 Å². The summed E-state index contributed by atoms with van der Waals surface area (Å²) in [6.07, 6.45) is 3.27. The third kappa shape index (κ3) is 3.34. The molecular formula is C16H21FN4O. The van der Waals surface area contributed by atoms with Crippen LogP contribution in [0.2, 0.25) is 0 Å². The number of H-pyrrole nitrogens is 1. The molecule has 6 heteroatoms. The van der Waals surface area contributed by atoms with Gasteiger partial charge < -0.3 is 4.74 Å². The fraction of sp³-hybridized carbons (Fsp3) is 0.500. The van der Waals surface area contributed by atoms with Crippen LogP contribution in [0.15, 0.2) is 24.3 Å². The minimum absolute atomic E-state index is 0.134. The van der Waals surface area contributed by atoms with Gasteiger partial charge >= 0.3 is 0 Å². The van der Waals surface area contributed by atoms with Crippen molar-refractivity contribution in [3.05, 3.63) is 47.3 Å². The SMILES string of the molecule is COCc1nc([C@H]2CCCCN2Cc2ccccc2F)n[nH]1. The Morgan fingerprint density at radius 3 is 3.05 bits per heavy atom. The average molecular weight is 304 g/mol. The van der Waals surface area contributed by atoms with Crippen LogP contribution in [-0.2, 0) is 17.9 Å². The first kappa shape index (κ1) is 15.1. The fourth-order valence-corrected chi connectivity index (χ4v) is 2.98. The van der Waals surface area contributed by atoms with Gasteiger partial charge in [-0.1, -0.05) is 24.6 Å². The smallest absolute Gasteiger partial charge is 0.167 e. The van der Waals surface area contributed by atoms with E-state index in [4.69, 9.17) is 4.74 Å². The van der Waals surface area contributed by atoms with Gasteiger partial charge in [-0.15, -0.1) is 0 Å². The van der Waals surface area contributed by atoms with Crippen molar-refractivity contribution in [2.45, 2.75) is 38.5 Å². The molecule has 1 aliphatic rings. The summed E-state index contributed by atoms with van der Waals surface area (Å²) in [5.74, 6) is 1.36. The molecule has 1 aliphatic heterocycles. The Labute approximate surface area is 129 Å². The Morgan fingerprint density at radius 2 is 2.23 bits per heavy atom. The zero-order chi connectivity index (χ0) is 15.4. The summed E-state index contributed by atoms with van der Waals surface area (Å²) in [6, 6.07) is 7.09. The highest BCUT2D eigenvalue weighted by atomic mass is 19.1. The molecule has 118 valence electrons. The lowest BCUT2D eigenvalue weighted by atomic mass is 10.0. The number of rotatable bonds is 5. The van der Waals surface area contributed by atoms with E-state index >= 15 is 0 Å². The molecule has 0 bridgehead atoms. The van der Waals surface area contributed by atoms with Crippen LogP contribution in [0.3, 0.4) is 0 Å². The van der Waals surface area contributed by atoms with E-state index < -0.39 is 0 Å². The lowest BCUT2D eigenvalue weighted by molar-refractivity contribution is 0.132. The molecule has 1 atom stereocenters. The minimum Gasteiger partial charge on any atom is -0.377 e. The molecule has 0 radical (unpaired) electrons. The summed E-state index contributed by atoms with van der Waals surface area (Å²) in [5, 5.41) is 7.23. The molecule has 0 saturated carbocycles. The van der Waals surface area contributed by atoms with Crippen molar-refractivity contribution in [3.8, 4) is 0 Å². The maximum Gasteiger partial charge on any atom is 0.167 e. The molecule has 5 nitrogen and oxygen atoms in total. The van der Waals surface area contributed by atoms with E-state index in [1.54, 1.807) is 13.2 Å². The molecule has 0 aliphatic carbocycles. The molecule has 1 fully saturated rings. The number of ether oxygens (including phenoxy) is 1. The van der Waals surface area contributed by atoms with Crippen molar-refractivity contribution in [2.24, 2.45) is 0 Å². The number of halogens is 1. The van der Waals surface area contributed by atoms with Gasteiger partial charge in [-0.3, -0.25) is 10.00 Å². The molecular weight excluding hydrogens is 283 g/mol. The molecule has 2 aromatic rings. The van der Waals surface area contributed by atoms with E-state index in [2.05, 4.69) is 20.1 Å². The summed E-state index contributed by atoms with van der Waals surface area (Å²) in [5.41, 5.74) is 0.724. The number of piperidine rings is 1. The summed E-state index contributed by atoms with van der Waals surface area (Å²) < 4.78 is 19.0. The van der Waals surface area contributed by atoms with Crippen LogP contribution < -0.4 is 0 Å². The highest BCUT2D eigenvalue weighted by Crippen LogP contribution is 2.30. The molecule has 22 heavy (non-hydrogen) atoms. The van der Waals surface area contributed by atoms with E-state index in [9.17, 15) is 4.39 Å². The van der Waals surface area contributed by atoms with Crippen LogP contribution in [0.5, 0.6) is 0 Å². The monoisotopic (exact) mass is 304 g/mol. The summed E-state index contributed by atoms with van der Waals surface area (Å²) in [4.78, 5) is 6.78.